The first kappa shape index (κ1) is 19.1. The van der Waals surface area contributed by atoms with E-state index in [9.17, 15) is 9.59 Å². The molecule has 0 radical (unpaired) electrons. The fourth-order valence-corrected chi connectivity index (χ4v) is 3.84. The third kappa shape index (κ3) is 4.11. The monoisotopic (exact) mass is 391 g/mol. The largest absolute Gasteiger partial charge is 0.497 e. The van der Waals surface area contributed by atoms with Crippen LogP contribution in [0.1, 0.15) is 22.3 Å². The molecule has 6 heteroatoms. The Morgan fingerprint density at radius 3 is 2.55 bits per heavy atom. The molecule has 150 valence electrons. The zero-order valence-corrected chi connectivity index (χ0v) is 16.6. The number of ether oxygens (including phenoxy) is 1. The Balaban J connectivity index is 1.30. The lowest BCUT2D eigenvalue weighted by atomic mass is 10.1. The maximum atomic E-state index is 12.7. The zero-order valence-electron chi connectivity index (χ0n) is 16.6. The van der Waals surface area contributed by atoms with Gasteiger partial charge in [-0.25, -0.2) is 0 Å². The highest BCUT2D eigenvalue weighted by Crippen LogP contribution is 2.20. The number of rotatable bonds is 5. The summed E-state index contributed by atoms with van der Waals surface area (Å²) in [6.07, 6.45) is 3.18. The van der Waals surface area contributed by atoms with Crippen molar-refractivity contribution < 1.29 is 14.3 Å². The summed E-state index contributed by atoms with van der Waals surface area (Å²) in [4.78, 5) is 32.3. The van der Waals surface area contributed by atoms with Crippen LogP contribution in [0.25, 0.3) is 10.9 Å². The van der Waals surface area contributed by atoms with Gasteiger partial charge in [0.25, 0.3) is 5.91 Å². The molecule has 1 aliphatic heterocycles. The van der Waals surface area contributed by atoms with E-state index in [4.69, 9.17) is 4.74 Å². The number of nitrogens with one attached hydrogen (secondary N) is 1. The summed E-state index contributed by atoms with van der Waals surface area (Å²) in [7, 11) is 1.59. The van der Waals surface area contributed by atoms with E-state index in [1.54, 1.807) is 24.1 Å². The Labute approximate surface area is 170 Å². The van der Waals surface area contributed by atoms with E-state index in [1.165, 1.54) is 10.9 Å². The highest BCUT2D eigenvalue weighted by atomic mass is 16.5. The minimum Gasteiger partial charge on any atom is -0.497 e. The van der Waals surface area contributed by atoms with E-state index < -0.39 is 0 Å². The van der Waals surface area contributed by atoms with Crippen molar-refractivity contribution in [3.05, 3.63) is 65.9 Å². The van der Waals surface area contributed by atoms with Crippen LogP contribution in [0, 0.1) is 0 Å². The summed E-state index contributed by atoms with van der Waals surface area (Å²) in [5.74, 6) is 0.792. The maximum Gasteiger partial charge on any atom is 0.254 e. The number of nitrogens with zero attached hydrogens (tertiary/aromatic N) is 2. The lowest BCUT2D eigenvalue weighted by molar-refractivity contribution is -0.132. The molecule has 0 spiro atoms. The van der Waals surface area contributed by atoms with Crippen LogP contribution in [0.5, 0.6) is 5.75 Å². The van der Waals surface area contributed by atoms with Gasteiger partial charge in [-0.2, -0.15) is 0 Å². The lowest BCUT2D eigenvalue weighted by Gasteiger charge is -2.35. The van der Waals surface area contributed by atoms with Crippen molar-refractivity contribution in [2.75, 3.05) is 33.3 Å². The minimum absolute atomic E-state index is 0.0187. The van der Waals surface area contributed by atoms with E-state index in [2.05, 4.69) is 11.1 Å². The molecular formula is C23H25N3O3. The van der Waals surface area contributed by atoms with E-state index >= 15 is 0 Å². The third-order valence-corrected chi connectivity index (χ3v) is 5.52. The summed E-state index contributed by atoms with van der Waals surface area (Å²) >= 11 is 0. The van der Waals surface area contributed by atoms with Gasteiger partial charge in [-0.05, 0) is 36.2 Å². The van der Waals surface area contributed by atoms with Gasteiger partial charge in [0, 0.05) is 55.3 Å². The molecule has 29 heavy (non-hydrogen) atoms. The smallest absolute Gasteiger partial charge is 0.254 e. The average Bonchev–Trinajstić information content (AvgIpc) is 3.20. The predicted octanol–water partition coefficient (Wildman–Crippen LogP) is 3.09. The van der Waals surface area contributed by atoms with Crippen molar-refractivity contribution in [3.8, 4) is 5.75 Å². The van der Waals surface area contributed by atoms with E-state index in [1.807, 2.05) is 41.4 Å². The summed E-state index contributed by atoms with van der Waals surface area (Å²) in [6.45, 7) is 2.24. The van der Waals surface area contributed by atoms with Crippen molar-refractivity contribution in [3.63, 3.8) is 0 Å². The lowest BCUT2D eigenvalue weighted by Crippen LogP contribution is -2.50. The predicted molar refractivity (Wildman–Crippen MR) is 112 cm³/mol. The molecule has 1 saturated heterocycles. The number of aromatic nitrogens is 1. The highest BCUT2D eigenvalue weighted by molar-refractivity contribution is 5.94. The molecule has 1 aromatic heterocycles. The number of amides is 2. The number of hydrogen-bond donors (Lipinski definition) is 1. The van der Waals surface area contributed by atoms with E-state index in [0.717, 1.165) is 5.52 Å². The molecule has 0 bridgehead atoms. The highest BCUT2D eigenvalue weighted by Gasteiger charge is 2.25. The third-order valence-electron chi connectivity index (χ3n) is 5.52. The fraction of sp³-hybridized carbons (Fsp3) is 0.304. The number of carbonyl (C=O) groups is 2. The van der Waals surface area contributed by atoms with Crippen LogP contribution in [-0.4, -0.2) is 59.9 Å². The topological polar surface area (TPSA) is 65.6 Å². The van der Waals surface area contributed by atoms with Crippen molar-refractivity contribution in [2.45, 2.75) is 12.8 Å². The van der Waals surface area contributed by atoms with E-state index in [0.29, 0.717) is 50.3 Å². The zero-order chi connectivity index (χ0) is 20.2. The molecule has 0 saturated carbocycles. The number of aromatic amines is 1. The number of aryl methyl sites for hydroxylation is 1. The van der Waals surface area contributed by atoms with Gasteiger partial charge in [-0.1, -0.05) is 24.3 Å². The average molecular weight is 391 g/mol. The number of H-pyrrole nitrogens is 1. The van der Waals surface area contributed by atoms with Gasteiger partial charge in [-0.3, -0.25) is 9.59 Å². The van der Waals surface area contributed by atoms with Crippen molar-refractivity contribution >= 4 is 22.7 Å². The number of para-hydroxylation sites is 1. The van der Waals surface area contributed by atoms with Gasteiger partial charge in [0.15, 0.2) is 0 Å². The quantitative estimate of drug-likeness (QED) is 0.727. The number of methoxy groups -OCH3 is 1. The molecule has 3 aromatic rings. The minimum atomic E-state index is -0.0187. The first-order valence-corrected chi connectivity index (χ1v) is 9.92. The molecule has 6 nitrogen and oxygen atoms in total. The first-order valence-electron chi connectivity index (χ1n) is 9.92. The molecule has 2 amide bonds. The second-order valence-electron chi connectivity index (χ2n) is 7.26. The Bertz CT molecular complexity index is 1020. The van der Waals surface area contributed by atoms with Gasteiger partial charge >= 0.3 is 0 Å². The van der Waals surface area contributed by atoms with Gasteiger partial charge in [0.1, 0.15) is 5.75 Å². The molecule has 0 atom stereocenters. The Kier molecular flexibility index (Phi) is 5.51. The molecule has 0 aliphatic carbocycles. The summed E-state index contributed by atoms with van der Waals surface area (Å²) in [5, 5.41) is 1.18. The Morgan fingerprint density at radius 1 is 1.00 bits per heavy atom. The van der Waals surface area contributed by atoms with E-state index in [-0.39, 0.29) is 11.8 Å². The fourth-order valence-electron chi connectivity index (χ4n) is 3.84. The second-order valence-corrected chi connectivity index (χ2v) is 7.26. The maximum absolute atomic E-state index is 12.7. The molecule has 1 N–H and O–H groups in total. The molecule has 1 fully saturated rings. The van der Waals surface area contributed by atoms with Crippen LogP contribution >= 0.6 is 0 Å². The molecule has 4 rings (SSSR count). The van der Waals surface area contributed by atoms with Crippen molar-refractivity contribution in [2.24, 2.45) is 0 Å². The standard InChI is InChI=1S/C23H25N3O3/c1-29-19-6-4-5-17(15-19)23(28)26-13-11-25(12-14-26)22(27)10-9-18-16-24-21-8-3-2-7-20(18)21/h2-8,15-16,24H,9-14H2,1H3. The second kappa shape index (κ2) is 8.39. The molecule has 0 unspecified atom stereocenters. The van der Waals surface area contributed by atoms with Gasteiger partial charge in [0.2, 0.25) is 5.91 Å². The summed E-state index contributed by atoms with van der Waals surface area (Å²) in [5.41, 5.74) is 2.88. The van der Waals surface area contributed by atoms with Gasteiger partial charge in [0.05, 0.1) is 7.11 Å². The summed E-state index contributed by atoms with van der Waals surface area (Å²) in [6, 6.07) is 15.3. The Morgan fingerprint density at radius 2 is 1.76 bits per heavy atom. The number of piperazine rings is 1. The molecule has 1 aliphatic rings. The first-order chi connectivity index (χ1) is 14.2. The van der Waals surface area contributed by atoms with Crippen LogP contribution in [0.3, 0.4) is 0 Å². The van der Waals surface area contributed by atoms with Crippen LogP contribution in [0.2, 0.25) is 0 Å². The van der Waals surface area contributed by atoms with Crippen LogP contribution in [0.4, 0.5) is 0 Å². The normalized spacial score (nSPS) is 14.2. The van der Waals surface area contributed by atoms with Gasteiger partial charge in [-0.15, -0.1) is 0 Å². The van der Waals surface area contributed by atoms with Crippen LogP contribution < -0.4 is 4.74 Å². The van der Waals surface area contributed by atoms with Gasteiger partial charge < -0.3 is 19.5 Å². The van der Waals surface area contributed by atoms with Crippen molar-refractivity contribution in [1.29, 1.82) is 0 Å². The van der Waals surface area contributed by atoms with Crippen molar-refractivity contribution in [1.82, 2.24) is 14.8 Å². The number of carbonyl (C=O) groups excluding carboxylic acids is 2. The summed E-state index contributed by atoms with van der Waals surface area (Å²) < 4.78 is 5.20. The molecule has 2 aromatic carbocycles. The molecule has 2 heterocycles. The van der Waals surface area contributed by atoms with Crippen LogP contribution in [0.15, 0.2) is 54.7 Å². The SMILES string of the molecule is COc1cccc(C(=O)N2CCN(C(=O)CCc3c[nH]c4ccccc34)CC2)c1. The number of benzene rings is 2. The van der Waals surface area contributed by atoms with Crippen LogP contribution in [-0.2, 0) is 11.2 Å². The Hall–Kier alpha value is -3.28. The number of hydrogen-bond acceptors (Lipinski definition) is 3. The number of fused-ring (bicyclic) bond motifs is 1. The molecular weight excluding hydrogens is 366 g/mol.